The highest BCUT2D eigenvalue weighted by Gasteiger charge is 2.31. The fraction of sp³-hybridized carbons (Fsp3) is 0.658. The second-order valence-electron chi connectivity index (χ2n) is 13.4. The summed E-state index contributed by atoms with van der Waals surface area (Å²) in [5, 5.41) is 5.50. The van der Waals surface area contributed by atoms with Crippen LogP contribution in [0.4, 0.5) is 4.79 Å². The van der Waals surface area contributed by atoms with E-state index in [1.807, 2.05) is 42.2 Å². The highest BCUT2D eigenvalue weighted by molar-refractivity contribution is 7.09. The van der Waals surface area contributed by atoms with Gasteiger partial charge in [-0.05, 0) is 43.1 Å². The van der Waals surface area contributed by atoms with Crippen molar-refractivity contribution in [2.24, 2.45) is 17.6 Å². The number of hydrogen-bond donors (Lipinski definition) is 4. The zero-order valence-corrected chi connectivity index (χ0v) is 32.8. The van der Waals surface area contributed by atoms with E-state index in [1.54, 1.807) is 5.38 Å². The van der Waals surface area contributed by atoms with Crippen molar-refractivity contribution in [2.75, 3.05) is 39.5 Å². The van der Waals surface area contributed by atoms with E-state index in [4.69, 9.17) is 24.9 Å². The lowest BCUT2D eigenvalue weighted by molar-refractivity contribution is -0.136. The van der Waals surface area contributed by atoms with E-state index in [0.717, 1.165) is 24.8 Å². The zero-order chi connectivity index (χ0) is 38.3. The minimum Gasteiger partial charge on any atom is -0.446 e. The van der Waals surface area contributed by atoms with E-state index < -0.39 is 18.0 Å². The molecule has 52 heavy (non-hydrogen) atoms. The molecule has 14 heteroatoms. The molecule has 0 saturated carbocycles. The molecular formula is C38H62N6O7S. The molecule has 2 rings (SSSR count). The number of hydrazine groups is 1. The molecule has 0 spiro atoms. The minimum atomic E-state index is -0.810. The van der Waals surface area contributed by atoms with Crippen molar-refractivity contribution < 1.29 is 33.4 Å². The van der Waals surface area contributed by atoms with Gasteiger partial charge >= 0.3 is 6.09 Å². The third kappa shape index (κ3) is 16.8. The van der Waals surface area contributed by atoms with Gasteiger partial charge in [0.2, 0.25) is 11.8 Å². The lowest BCUT2D eigenvalue weighted by Crippen LogP contribution is -2.45. The Morgan fingerprint density at radius 3 is 2.37 bits per heavy atom. The molecule has 0 bridgehead atoms. The van der Waals surface area contributed by atoms with Crippen LogP contribution in [0.2, 0.25) is 0 Å². The fourth-order valence-electron chi connectivity index (χ4n) is 5.58. The highest BCUT2D eigenvalue weighted by Crippen LogP contribution is 2.31. The minimum absolute atomic E-state index is 0.0182. The summed E-state index contributed by atoms with van der Waals surface area (Å²) in [6.45, 7) is 14.8. The molecular weight excluding hydrogens is 685 g/mol. The third-order valence-electron chi connectivity index (χ3n) is 8.59. The molecule has 1 aromatic heterocycles. The maximum absolute atomic E-state index is 13.6. The van der Waals surface area contributed by atoms with Crippen LogP contribution in [-0.2, 0) is 30.2 Å². The normalized spacial score (nSPS) is 13.5. The Balaban J connectivity index is 2.15. The number of nitrogens with zero attached hydrogens (tertiary/aromatic N) is 2. The molecule has 0 aliphatic carbocycles. The average molecular weight is 747 g/mol. The number of hydrogen-bond acceptors (Lipinski definition) is 10. The van der Waals surface area contributed by atoms with Gasteiger partial charge in [0.05, 0.1) is 13.2 Å². The van der Waals surface area contributed by atoms with Gasteiger partial charge in [0, 0.05) is 56.4 Å². The number of carbonyl (C=O) groups excluding carboxylic acids is 4. The maximum Gasteiger partial charge on any atom is 0.426 e. The molecule has 5 N–H and O–H groups in total. The van der Waals surface area contributed by atoms with Crippen molar-refractivity contribution in [1.29, 1.82) is 0 Å². The Hall–Kier alpha value is -3.59. The Labute approximate surface area is 314 Å². The van der Waals surface area contributed by atoms with Gasteiger partial charge in [-0.2, -0.15) is 0 Å². The van der Waals surface area contributed by atoms with E-state index in [0.29, 0.717) is 62.9 Å². The van der Waals surface area contributed by atoms with E-state index in [2.05, 4.69) is 50.8 Å². The number of nitrogens with one attached hydrogen (secondary N) is 3. The van der Waals surface area contributed by atoms with E-state index in [9.17, 15) is 19.2 Å². The van der Waals surface area contributed by atoms with Gasteiger partial charge in [0.25, 0.3) is 5.91 Å². The fourth-order valence-corrected chi connectivity index (χ4v) is 6.44. The van der Waals surface area contributed by atoms with E-state index in [-0.39, 0.29) is 55.2 Å². The molecule has 4 unspecified atom stereocenters. The molecule has 1 heterocycles. The number of benzene rings is 1. The predicted octanol–water partition coefficient (Wildman–Crippen LogP) is 5.55. The number of aromatic nitrogens is 1. The van der Waals surface area contributed by atoms with Crippen LogP contribution < -0.4 is 21.9 Å². The molecule has 0 fully saturated rings. The lowest BCUT2D eigenvalue weighted by atomic mass is 9.94. The summed E-state index contributed by atoms with van der Waals surface area (Å²) >= 11 is 1.38. The van der Waals surface area contributed by atoms with Crippen molar-refractivity contribution in [3.63, 3.8) is 0 Å². The van der Waals surface area contributed by atoms with Crippen molar-refractivity contribution in [3.8, 4) is 0 Å². The van der Waals surface area contributed by atoms with Gasteiger partial charge in [-0.3, -0.25) is 19.8 Å². The summed E-state index contributed by atoms with van der Waals surface area (Å²) in [6, 6.07) is 9.24. The monoisotopic (exact) mass is 746 g/mol. The molecule has 292 valence electrons. The molecule has 0 aliphatic rings. The number of amides is 4. The number of nitrogens with two attached hydrogens (primary N) is 1. The summed E-state index contributed by atoms with van der Waals surface area (Å²) in [7, 11) is 0. The maximum atomic E-state index is 13.6. The second-order valence-corrected chi connectivity index (χ2v) is 14.3. The van der Waals surface area contributed by atoms with Crippen LogP contribution in [0, 0.1) is 11.8 Å². The van der Waals surface area contributed by atoms with Crippen molar-refractivity contribution in [1.82, 2.24) is 26.1 Å². The number of ether oxygens (including phenoxy) is 3. The van der Waals surface area contributed by atoms with Gasteiger partial charge in [-0.25, -0.2) is 15.2 Å². The van der Waals surface area contributed by atoms with Gasteiger partial charge < -0.3 is 30.2 Å². The van der Waals surface area contributed by atoms with Crippen LogP contribution in [0.25, 0.3) is 0 Å². The first-order chi connectivity index (χ1) is 25.0. The Morgan fingerprint density at radius 1 is 0.962 bits per heavy atom. The highest BCUT2D eigenvalue weighted by atomic mass is 32.1. The topological polar surface area (TPSA) is 174 Å². The summed E-state index contributed by atoms with van der Waals surface area (Å²) in [5.74, 6) is -0.115. The van der Waals surface area contributed by atoms with Crippen LogP contribution in [0.3, 0.4) is 0 Å². The van der Waals surface area contributed by atoms with Crippen molar-refractivity contribution >= 4 is 35.2 Å². The van der Waals surface area contributed by atoms with Crippen molar-refractivity contribution in [3.05, 3.63) is 52.0 Å². The molecule has 13 nitrogen and oxygen atoms in total. The number of rotatable bonds is 25. The molecule has 0 aliphatic heterocycles. The van der Waals surface area contributed by atoms with Crippen LogP contribution in [0.1, 0.15) is 114 Å². The SMILES string of the molecule is CCCOC(CC(C(C)C)N(CCC)C(=O)CC(C)CC)c1nc(C(=O)NC(CCC(=O)NNC(=O)OCCOCCN)Cc2ccccc2)cs1. The van der Waals surface area contributed by atoms with E-state index >= 15 is 0 Å². The summed E-state index contributed by atoms with van der Waals surface area (Å²) in [6.07, 6.45) is 3.37. The quantitative estimate of drug-likeness (QED) is 0.0750. The molecule has 4 amide bonds. The van der Waals surface area contributed by atoms with Crippen molar-refractivity contribution in [2.45, 2.75) is 111 Å². The average Bonchev–Trinajstić information content (AvgIpc) is 3.63. The molecule has 4 atom stereocenters. The van der Waals surface area contributed by atoms with Gasteiger partial charge in [0.15, 0.2) is 0 Å². The summed E-state index contributed by atoms with van der Waals surface area (Å²) in [5.41, 5.74) is 11.2. The van der Waals surface area contributed by atoms with Crippen LogP contribution in [0.5, 0.6) is 0 Å². The molecule has 0 radical (unpaired) electrons. The number of carbonyl (C=O) groups is 4. The standard InChI is InChI=1S/C38H62N6O7S/c1-7-18-44(35(46)23-28(6)9-3)32(27(4)5)25-33(50-19-8-2)37-41-31(26-52-37)36(47)40-30(24-29-13-11-10-12-14-29)15-16-34(45)42-43-38(48)51-22-21-49-20-17-39/h10-14,26-28,30,32-33H,7-9,15-25,39H2,1-6H3,(H,40,47)(H,42,45)(H,43,48). The largest absolute Gasteiger partial charge is 0.446 e. The molecule has 2 aromatic rings. The second kappa shape index (κ2) is 25.4. The third-order valence-corrected chi connectivity index (χ3v) is 9.53. The lowest BCUT2D eigenvalue weighted by Gasteiger charge is -2.37. The van der Waals surface area contributed by atoms with Gasteiger partial charge in [0.1, 0.15) is 23.4 Å². The van der Waals surface area contributed by atoms with Crippen LogP contribution in [0.15, 0.2) is 35.7 Å². The predicted molar refractivity (Wildman–Crippen MR) is 204 cm³/mol. The Bertz CT molecular complexity index is 1330. The summed E-state index contributed by atoms with van der Waals surface area (Å²) < 4.78 is 16.4. The smallest absolute Gasteiger partial charge is 0.426 e. The van der Waals surface area contributed by atoms with E-state index in [1.165, 1.54) is 11.3 Å². The Morgan fingerprint density at radius 2 is 1.71 bits per heavy atom. The first-order valence-corrected chi connectivity index (χ1v) is 19.6. The summed E-state index contributed by atoms with van der Waals surface area (Å²) in [4.78, 5) is 58.4. The zero-order valence-electron chi connectivity index (χ0n) is 32.0. The van der Waals surface area contributed by atoms with Crippen LogP contribution >= 0.6 is 11.3 Å². The number of thiazole rings is 1. The first-order valence-electron chi connectivity index (χ1n) is 18.7. The molecule has 0 saturated heterocycles. The first kappa shape index (κ1) is 44.6. The van der Waals surface area contributed by atoms with Gasteiger partial charge in [-0.1, -0.05) is 78.3 Å². The Kier molecular flexibility index (Phi) is 21.8. The molecule has 1 aromatic carbocycles. The van der Waals surface area contributed by atoms with Gasteiger partial charge in [-0.15, -0.1) is 11.3 Å². The van der Waals surface area contributed by atoms with Crippen LogP contribution in [-0.4, -0.2) is 85.3 Å².